The van der Waals surface area contributed by atoms with Gasteiger partial charge in [0.15, 0.2) is 5.65 Å². The van der Waals surface area contributed by atoms with Crippen LogP contribution in [0.4, 0.5) is 0 Å². The Kier molecular flexibility index (Phi) is 5.22. The van der Waals surface area contributed by atoms with Crippen molar-refractivity contribution in [3.63, 3.8) is 0 Å². The van der Waals surface area contributed by atoms with Gasteiger partial charge in [0, 0.05) is 22.8 Å². The van der Waals surface area contributed by atoms with Crippen LogP contribution in [-0.4, -0.2) is 24.1 Å². The van der Waals surface area contributed by atoms with Gasteiger partial charge in [0.2, 0.25) is 0 Å². The van der Waals surface area contributed by atoms with E-state index in [1.54, 1.807) is 12.5 Å². The molecule has 0 bridgehead atoms. The molecule has 0 radical (unpaired) electrons. The Bertz CT molecular complexity index is 1150. The normalized spacial score (nSPS) is 11.0. The molecule has 0 spiro atoms. The van der Waals surface area contributed by atoms with Crippen molar-refractivity contribution in [2.45, 2.75) is 32.7 Å². The summed E-state index contributed by atoms with van der Waals surface area (Å²) in [6.07, 6.45) is 8.38. The molecule has 7 heteroatoms. The number of benzene rings is 1. The smallest absolute Gasteiger partial charge is 0.163 e. The van der Waals surface area contributed by atoms with E-state index in [-0.39, 0.29) is 0 Å². The van der Waals surface area contributed by atoms with E-state index in [0.717, 1.165) is 52.0 Å². The summed E-state index contributed by atoms with van der Waals surface area (Å²) in [5.74, 6) is 1.04. The highest BCUT2D eigenvalue weighted by Gasteiger charge is 2.12. The van der Waals surface area contributed by atoms with Gasteiger partial charge in [-0.05, 0) is 46.1 Å². The van der Waals surface area contributed by atoms with Crippen LogP contribution in [0.1, 0.15) is 36.8 Å². The van der Waals surface area contributed by atoms with Gasteiger partial charge in [-0.25, -0.2) is 15.0 Å². The van der Waals surface area contributed by atoms with E-state index < -0.39 is 0 Å². The fourth-order valence-electron chi connectivity index (χ4n) is 3.29. The van der Waals surface area contributed by atoms with Gasteiger partial charge in [0.1, 0.15) is 29.4 Å². The van der Waals surface area contributed by atoms with Gasteiger partial charge in [-0.15, -0.1) is 0 Å². The van der Waals surface area contributed by atoms with Gasteiger partial charge in [0.05, 0.1) is 12.7 Å². The quantitative estimate of drug-likeness (QED) is 0.442. The predicted octanol–water partition coefficient (Wildman–Crippen LogP) is 4.64. The Labute approximate surface area is 171 Å². The Morgan fingerprint density at radius 1 is 1.21 bits per heavy atom. The lowest BCUT2D eigenvalue weighted by molar-refractivity contribution is 0.686. The van der Waals surface area contributed by atoms with Crippen molar-refractivity contribution in [3.05, 3.63) is 70.6 Å². The molecule has 0 aliphatic heterocycles. The number of imidazole rings is 1. The van der Waals surface area contributed by atoms with Gasteiger partial charge in [-0.1, -0.05) is 25.5 Å². The van der Waals surface area contributed by atoms with E-state index in [1.165, 1.54) is 0 Å². The standard InChI is InChI=1S/C21H19BrN6/c1-2-3-4-20-26-19-11-24-14-25-21(19)28(20)12-15-5-7-17(8-6-15)27-13-16(22)9-18(27)10-23/h5-9,11,13-14H,2-4,12H2,1H3. The van der Waals surface area contributed by atoms with E-state index in [9.17, 15) is 5.26 Å². The number of unbranched alkanes of at least 4 members (excludes halogenated alkanes) is 1. The summed E-state index contributed by atoms with van der Waals surface area (Å²) in [5.41, 5.74) is 4.41. The first-order chi connectivity index (χ1) is 13.7. The van der Waals surface area contributed by atoms with Crippen LogP contribution in [0.5, 0.6) is 0 Å². The zero-order valence-corrected chi connectivity index (χ0v) is 17.1. The Morgan fingerprint density at radius 3 is 2.79 bits per heavy atom. The molecule has 0 fully saturated rings. The maximum Gasteiger partial charge on any atom is 0.163 e. The molecule has 6 nitrogen and oxygen atoms in total. The zero-order valence-electron chi connectivity index (χ0n) is 15.5. The molecule has 0 N–H and O–H groups in total. The number of fused-ring (bicyclic) bond motifs is 1. The van der Waals surface area contributed by atoms with Crippen LogP contribution in [0.2, 0.25) is 0 Å². The molecule has 4 rings (SSSR count). The fourth-order valence-corrected chi connectivity index (χ4v) is 3.71. The van der Waals surface area contributed by atoms with Crippen molar-refractivity contribution in [1.82, 2.24) is 24.1 Å². The minimum absolute atomic E-state index is 0.596. The van der Waals surface area contributed by atoms with Gasteiger partial charge in [0.25, 0.3) is 0 Å². The number of aromatic nitrogens is 5. The molecule has 0 aliphatic carbocycles. The molecule has 0 aliphatic rings. The molecule has 0 saturated carbocycles. The Balaban J connectivity index is 1.65. The van der Waals surface area contributed by atoms with E-state index in [2.05, 4.69) is 55.6 Å². The summed E-state index contributed by atoms with van der Waals surface area (Å²) in [4.78, 5) is 13.3. The number of nitrogens with zero attached hydrogens (tertiary/aromatic N) is 6. The molecule has 4 aromatic rings. The third-order valence-electron chi connectivity index (χ3n) is 4.70. The van der Waals surface area contributed by atoms with Crippen LogP contribution in [0, 0.1) is 11.3 Å². The first-order valence-electron chi connectivity index (χ1n) is 9.22. The molecule has 140 valence electrons. The molecule has 0 saturated heterocycles. The predicted molar refractivity (Wildman–Crippen MR) is 111 cm³/mol. The van der Waals surface area contributed by atoms with E-state index in [4.69, 9.17) is 4.98 Å². The van der Waals surface area contributed by atoms with Crippen LogP contribution in [0.15, 0.2) is 53.5 Å². The van der Waals surface area contributed by atoms with Crippen molar-refractivity contribution in [1.29, 1.82) is 5.26 Å². The Morgan fingerprint density at radius 2 is 2.04 bits per heavy atom. The molecular formula is C21H19BrN6. The second-order valence-corrected chi connectivity index (χ2v) is 7.56. The molecule has 28 heavy (non-hydrogen) atoms. The highest BCUT2D eigenvalue weighted by molar-refractivity contribution is 9.10. The van der Waals surface area contributed by atoms with Gasteiger partial charge in [-0.3, -0.25) is 0 Å². The third-order valence-corrected chi connectivity index (χ3v) is 5.13. The summed E-state index contributed by atoms with van der Waals surface area (Å²) in [7, 11) is 0. The van der Waals surface area contributed by atoms with Crippen molar-refractivity contribution >= 4 is 27.1 Å². The summed E-state index contributed by atoms with van der Waals surface area (Å²) >= 11 is 3.43. The lowest BCUT2D eigenvalue weighted by Crippen LogP contribution is -2.06. The number of aryl methyl sites for hydroxylation is 1. The second-order valence-electron chi connectivity index (χ2n) is 6.64. The summed E-state index contributed by atoms with van der Waals surface area (Å²) in [6, 6.07) is 12.3. The maximum atomic E-state index is 9.31. The van der Waals surface area contributed by atoms with E-state index in [0.29, 0.717) is 12.2 Å². The number of hydrogen-bond donors (Lipinski definition) is 0. The van der Waals surface area contributed by atoms with Gasteiger partial charge in [-0.2, -0.15) is 5.26 Å². The molecule has 0 unspecified atom stereocenters. The first kappa shape index (κ1) is 18.4. The minimum Gasteiger partial charge on any atom is -0.308 e. The highest BCUT2D eigenvalue weighted by Crippen LogP contribution is 2.21. The summed E-state index contributed by atoms with van der Waals surface area (Å²) < 4.78 is 4.94. The number of halogens is 1. The molecule has 3 heterocycles. The topological polar surface area (TPSA) is 72.3 Å². The molecular weight excluding hydrogens is 416 g/mol. The Hall–Kier alpha value is -2.98. The van der Waals surface area contributed by atoms with Crippen LogP contribution in [-0.2, 0) is 13.0 Å². The SMILES string of the molecule is CCCCc1nc2cncnc2n1Cc1ccc(-n2cc(Br)cc2C#N)cc1. The van der Waals surface area contributed by atoms with Crippen molar-refractivity contribution in [3.8, 4) is 11.8 Å². The number of rotatable bonds is 6. The second kappa shape index (κ2) is 7.95. The zero-order chi connectivity index (χ0) is 19.5. The van der Waals surface area contributed by atoms with Crippen LogP contribution >= 0.6 is 15.9 Å². The van der Waals surface area contributed by atoms with Crippen LogP contribution < -0.4 is 0 Å². The molecule has 3 aromatic heterocycles. The lowest BCUT2D eigenvalue weighted by Gasteiger charge is -2.10. The summed E-state index contributed by atoms with van der Waals surface area (Å²) in [6.45, 7) is 2.88. The van der Waals surface area contributed by atoms with Crippen LogP contribution in [0.25, 0.3) is 16.9 Å². The molecule has 1 aromatic carbocycles. The summed E-state index contributed by atoms with van der Waals surface area (Å²) in [5, 5.41) is 9.31. The van der Waals surface area contributed by atoms with Crippen molar-refractivity contribution in [2.24, 2.45) is 0 Å². The fraction of sp³-hybridized carbons (Fsp3) is 0.238. The minimum atomic E-state index is 0.596. The average Bonchev–Trinajstić information content (AvgIpc) is 3.27. The molecule has 0 atom stereocenters. The third kappa shape index (κ3) is 3.56. The van der Waals surface area contributed by atoms with E-state index >= 15 is 0 Å². The monoisotopic (exact) mass is 434 g/mol. The number of hydrogen-bond acceptors (Lipinski definition) is 4. The lowest BCUT2D eigenvalue weighted by atomic mass is 10.2. The van der Waals surface area contributed by atoms with Gasteiger partial charge < -0.3 is 9.13 Å². The molecule has 0 amide bonds. The highest BCUT2D eigenvalue weighted by atomic mass is 79.9. The van der Waals surface area contributed by atoms with Crippen molar-refractivity contribution < 1.29 is 0 Å². The van der Waals surface area contributed by atoms with Crippen molar-refractivity contribution in [2.75, 3.05) is 0 Å². The van der Waals surface area contributed by atoms with Crippen LogP contribution in [0.3, 0.4) is 0 Å². The van der Waals surface area contributed by atoms with Gasteiger partial charge >= 0.3 is 0 Å². The van der Waals surface area contributed by atoms with E-state index in [1.807, 2.05) is 29.0 Å². The maximum absolute atomic E-state index is 9.31. The average molecular weight is 435 g/mol. The largest absolute Gasteiger partial charge is 0.308 e. The first-order valence-corrected chi connectivity index (χ1v) is 10.0. The number of nitriles is 1.